The molecule has 0 fully saturated rings. The molecule has 3 heteroatoms. The van der Waals surface area contributed by atoms with E-state index in [0.29, 0.717) is 0 Å². The van der Waals surface area contributed by atoms with Crippen molar-refractivity contribution >= 4 is 6.41 Å². The topological polar surface area (TPSA) is 23.6 Å². The molecule has 0 aliphatic carbocycles. The van der Waals surface area contributed by atoms with Gasteiger partial charge in [-0.15, -0.1) is 0 Å². The molecule has 82 valence electrons. The Bertz CT molecular complexity index is 201. The molecule has 1 aliphatic rings. The molecule has 0 aromatic rings. The van der Waals surface area contributed by atoms with E-state index in [1.807, 2.05) is 20.9 Å². The minimum absolute atomic E-state index is 0.251. The molecule has 0 radical (unpaired) electrons. The summed E-state index contributed by atoms with van der Waals surface area (Å²) in [4.78, 5) is 14.4. The Morgan fingerprint density at radius 3 is 2.57 bits per heavy atom. The summed E-state index contributed by atoms with van der Waals surface area (Å²) < 4.78 is 0. The number of hydrogen-bond acceptors (Lipinski definition) is 2. The van der Waals surface area contributed by atoms with Gasteiger partial charge < -0.3 is 9.80 Å². The number of amides is 1. The Morgan fingerprint density at radius 1 is 1.57 bits per heavy atom. The van der Waals surface area contributed by atoms with Gasteiger partial charge in [0.2, 0.25) is 6.41 Å². The minimum atomic E-state index is 0.251. The maximum Gasteiger partial charge on any atom is 0.209 e. The molecule has 0 aromatic carbocycles. The van der Waals surface area contributed by atoms with Crippen LogP contribution in [0.2, 0.25) is 0 Å². The molecule has 3 nitrogen and oxygen atoms in total. The fraction of sp³-hybridized carbons (Fsp3) is 0.727. The average Bonchev–Trinajstić information content (AvgIpc) is 2.18. The Balaban J connectivity index is 0.000000791. The van der Waals surface area contributed by atoms with Gasteiger partial charge in [-0.05, 0) is 14.0 Å². The molecule has 1 atom stereocenters. The third-order valence-electron chi connectivity index (χ3n) is 2.18. The predicted molar refractivity (Wildman–Crippen MR) is 60.2 cm³/mol. The highest BCUT2D eigenvalue weighted by atomic mass is 16.1. The first kappa shape index (κ1) is 13.2. The highest BCUT2D eigenvalue weighted by Crippen LogP contribution is 2.10. The monoisotopic (exact) mass is 198 g/mol. The van der Waals surface area contributed by atoms with Crippen LogP contribution >= 0.6 is 0 Å². The lowest BCUT2D eigenvalue weighted by Crippen LogP contribution is -2.42. The second-order valence-electron chi connectivity index (χ2n) is 3.55. The fourth-order valence-electron chi connectivity index (χ4n) is 1.57. The molecule has 0 aromatic heterocycles. The molecule has 0 N–H and O–H groups in total. The minimum Gasteiger partial charge on any atom is -0.341 e. The van der Waals surface area contributed by atoms with Crippen molar-refractivity contribution in [3.05, 3.63) is 11.6 Å². The van der Waals surface area contributed by atoms with Crippen LogP contribution in [0.5, 0.6) is 0 Å². The van der Waals surface area contributed by atoms with E-state index in [4.69, 9.17) is 0 Å². The van der Waals surface area contributed by atoms with E-state index in [0.717, 1.165) is 19.5 Å². The van der Waals surface area contributed by atoms with Crippen LogP contribution in [0.4, 0.5) is 0 Å². The van der Waals surface area contributed by atoms with E-state index < -0.39 is 0 Å². The van der Waals surface area contributed by atoms with Crippen LogP contribution in [-0.4, -0.2) is 49.4 Å². The predicted octanol–water partition coefficient (Wildman–Crippen LogP) is 1.36. The summed E-state index contributed by atoms with van der Waals surface area (Å²) in [5, 5.41) is 0. The van der Waals surface area contributed by atoms with Crippen LogP contribution in [0.1, 0.15) is 20.8 Å². The van der Waals surface area contributed by atoms with E-state index in [2.05, 4.69) is 24.9 Å². The summed E-state index contributed by atoms with van der Waals surface area (Å²) in [6.07, 6.45) is 3.04. The van der Waals surface area contributed by atoms with E-state index >= 15 is 0 Å². The highest BCUT2D eigenvalue weighted by molar-refractivity contribution is 5.48. The van der Waals surface area contributed by atoms with Crippen LogP contribution in [0.25, 0.3) is 0 Å². The van der Waals surface area contributed by atoms with Gasteiger partial charge in [0.1, 0.15) is 0 Å². The summed E-state index contributed by atoms with van der Waals surface area (Å²) in [6.45, 7) is 8.05. The second kappa shape index (κ2) is 6.60. The van der Waals surface area contributed by atoms with Crippen molar-refractivity contribution in [2.45, 2.75) is 26.8 Å². The Labute approximate surface area is 87.4 Å². The van der Waals surface area contributed by atoms with Gasteiger partial charge in [0.05, 0.1) is 6.04 Å². The molecule has 14 heavy (non-hydrogen) atoms. The quantitative estimate of drug-likeness (QED) is 0.494. The molecule has 1 amide bonds. The number of carbonyl (C=O) groups is 1. The van der Waals surface area contributed by atoms with E-state index in [-0.39, 0.29) is 6.04 Å². The van der Waals surface area contributed by atoms with Crippen LogP contribution in [0.15, 0.2) is 11.6 Å². The highest BCUT2D eigenvalue weighted by Gasteiger charge is 2.17. The molecule has 1 heterocycles. The molecular weight excluding hydrogens is 176 g/mol. The zero-order chi connectivity index (χ0) is 11.1. The molecule has 0 spiro atoms. The molecule has 0 saturated carbocycles. The van der Waals surface area contributed by atoms with E-state index in [9.17, 15) is 4.79 Å². The Hall–Kier alpha value is -0.830. The van der Waals surface area contributed by atoms with Gasteiger partial charge in [-0.2, -0.15) is 0 Å². The number of rotatable bonds is 2. The molecule has 0 bridgehead atoms. The van der Waals surface area contributed by atoms with E-state index in [1.165, 1.54) is 5.57 Å². The zero-order valence-electron chi connectivity index (χ0n) is 9.95. The first-order chi connectivity index (χ1) is 6.63. The lowest BCUT2D eigenvalue weighted by atomic mass is 10.1. The lowest BCUT2D eigenvalue weighted by Gasteiger charge is -2.31. The first-order valence-corrected chi connectivity index (χ1v) is 5.16. The summed E-state index contributed by atoms with van der Waals surface area (Å²) >= 11 is 0. The van der Waals surface area contributed by atoms with Gasteiger partial charge in [0.25, 0.3) is 0 Å². The fourth-order valence-corrected chi connectivity index (χ4v) is 1.57. The van der Waals surface area contributed by atoms with Gasteiger partial charge in [-0.1, -0.05) is 25.5 Å². The summed E-state index contributed by atoms with van der Waals surface area (Å²) in [5.41, 5.74) is 1.34. The average molecular weight is 198 g/mol. The van der Waals surface area contributed by atoms with Gasteiger partial charge in [-0.3, -0.25) is 4.79 Å². The molecular formula is C11H22N2O. The Morgan fingerprint density at radius 2 is 2.14 bits per heavy atom. The maximum absolute atomic E-state index is 10.5. The van der Waals surface area contributed by atoms with Crippen molar-refractivity contribution in [1.82, 2.24) is 9.80 Å². The number of carbonyl (C=O) groups excluding carboxylic acids is 1. The number of nitrogens with zero attached hydrogens (tertiary/aromatic N) is 2. The third-order valence-corrected chi connectivity index (χ3v) is 2.18. The third kappa shape index (κ3) is 3.92. The van der Waals surface area contributed by atoms with Crippen molar-refractivity contribution in [3.63, 3.8) is 0 Å². The van der Waals surface area contributed by atoms with Crippen molar-refractivity contribution in [1.29, 1.82) is 0 Å². The van der Waals surface area contributed by atoms with E-state index in [1.54, 1.807) is 4.90 Å². The van der Waals surface area contributed by atoms with Crippen LogP contribution < -0.4 is 0 Å². The van der Waals surface area contributed by atoms with Crippen LogP contribution in [0.3, 0.4) is 0 Å². The lowest BCUT2D eigenvalue weighted by molar-refractivity contribution is -0.118. The van der Waals surface area contributed by atoms with Crippen LogP contribution in [0, 0.1) is 0 Å². The maximum atomic E-state index is 10.5. The number of hydrogen-bond donors (Lipinski definition) is 0. The largest absolute Gasteiger partial charge is 0.341 e. The normalized spacial score (nSPS) is 21.8. The molecule has 1 rings (SSSR count). The standard InChI is InChI=1S/C9H16N2O.C2H6/c1-8-4-9(11(3)7-12)6-10(2)5-8;1-2/h4,7,9H,5-6H2,1-3H3;1-2H3. The van der Waals surface area contributed by atoms with Gasteiger partial charge in [-0.25, -0.2) is 0 Å². The van der Waals surface area contributed by atoms with Gasteiger partial charge in [0.15, 0.2) is 0 Å². The summed E-state index contributed by atoms with van der Waals surface area (Å²) in [6, 6.07) is 0.251. The van der Waals surface area contributed by atoms with Gasteiger partial charge in [0, 0.05) is 20.1 Å². The van der Waals surface area contributed by atoms with Gasteiger partial charge >= 0.3 is 0 Å². The van der Waals surface area contributed by atoms with Crippen molar-refractivity contribution in [2.75, 3.05) is 27.2 Å². The summed E-state index contributed by atoms with van der Waals surface area (Å²) in [7, 11) is 3.89. The van der Waals surface area contributed by atoms with Crippen molar-refractivity contribution in [3.8, 4) is 0 Å². The second-order valence-corrected chi connectivity index (χ2v) is 3.55. The molecule has 0 saturated heterocycles. The molecule has 1 aliphatic heterocycles. The smallest absolute Gasteiger partial charge is 0.209 e. The molecule has 1 unspecified atom stereocenters. The SMILES string of the molecule is CC.CC1=CC(N(C)C=O)CN(C)C1. The number of likely N-dealkylation sites (N-methyl/N-ethyl adjacent to an activating group) is 2. The van der Waals surface area contributed by atoms with Crippen LogP contribution in [-0.2, 0) is 4.79 Å². The van der Waals surface area contributed by atoms with Crippen molar-refractivity contribution < 1.29 is 4.79 Å². The zero-order valence-corrected chi connectivity index (χ0v) is 9.95. The Kier molecular flexibility index (Phi) is 6.21. The summed E-state index contributed by atoms with van der Waals surface area (Å²) in [5.74, 6) is 0. The van der Waals surface area contributed by atoms with Crippen molar-refractivity contribution in [2.24, 2.45) is 0 Å². The first-order valence-electron chi connectivity index (χ1n) is 5.16.